The van der Waals surface area contributed by atoms with Gasteiger partial charge in [-0.15, -0.1) is 0 Å². The van der Waals surface area contributed by atoms with Crippen LogP contribution < -0.4 is 10.2 Å². The van der Waals surface area contributed by atoms with Crippen molar-refractivity contribution in [2.24, 2.45) is 0 Å². The van der Waals surface area contributed by atoms with Gasteiger partial charge in [-0.2, -0.15) is 13.2 Å². The monoisotopic (exact) mass is 419 g/mol. The van der Waals surface area contributed by atoms with Crippen molar-refractivity contribution in [2.75, 3.05) is 24.3 Å². The zero-order valence-electron chi connectivity index (χ0n) is 15.6. The molecule has 0 aliphatic carbocycles. The summed E-state index contributed by atoms with van der Waals surface area (Å²) in [6.07, 6.45) is -4.53. The van der Waals surface area contributed by atoms with Gasteiger partial charge in [-0.05, 0) is 30.3 Å². The Morgan fingerprint density at radius 3 is 2.34 bits per heavy atom. The number of benzene rings is 2. The maximum Gasteiger partial charge on any atom is 0.416 e. The number of pyridine rings is 1. The topological polar surface area (TPSA) is 45.2 Å². The fourth-order valence-corrected chi connectivity index (χ4v) is 2.92. The molecular weight excluding hydrogens is 403 g/mol. The average molecular weight is 420 g/mol. The number of nitrogens with zero attached hydrogens (tertiary/aromatic N) is 2. The molecule has 0 fully saturated rings. The van der Waals surface area contributed by atoms with E-state index in [1.807, 2.05) is 0 Å². The van der Waals surface area contributed by atoms with Gasteiger partial charge >= 0.3 is 6.18 Å². The highest BCUT2D eigenvalue weighted by atomic mass is 35.5. The zero-order valence-corrected chi connectivity index (χ0v) is 16.3. The van der Waals surface area contributed by atoms with E-state index in [0.717, 1.165) is 12.1 Å². The van der Waals surface area contributed by atoms with Crippen LogP contribution in [-0.4, -0.2) is 25.0 Å². The maximum absolute atomic E-state index is 13.4. The summed E-state index contributed by atoms with van der Waals surface area (Å²) in [7, 11) is 3.22. The average Bonchev–Trinajstić information content (AvgIpc) is 2.67. The van der Waals surface area contributed by atoms with Crippen LogP contribution in [0.5, 0.6) is 0 Å². The maximum atomic E-state index is 13.4. The van der Waals surface area contributed by atoms with E-state index in [9.17, 15) is 18.0 Å². The van der Waals surface area contributed by atoms with Gasteiger partial charge in [0, 0.05) is 19.7 Å². The molecule has 1 aromatic heterocycles. The van der Waals surface area contributed by atoms with Crippen molar-refractivity contribution < 1.29 is 18.0 Å². The molecule has 150 valence electrons. The standard InChI is InChI=1S/C21H17ClF3N3O/c1-28(2)19-12-13(21(23,24)25)11-18(26-19)15-8-4-6-10-17(15)27-20(29)14-7-3-5-9-16(14)22/h3-12H,1-2H3,(H,27,29). The Labute approximate surface area is 170 Å². The molecule has 0 aliphatic heterocycles. The number of carbonyl (C=O) groups is 1. The Kier molecular flexibility index (Phi) is 5.79. The lowest BCUT2D eigenvalue weighted by Gasteiger charge is -2.18. The first-order valence-corrected chi connectivity index (χ1v) is 8.96. The number of aromatic nitrogens is 1. The minimum Gasteiger partial charge on any atom is -0.363 e. The van der Waals surface area contributed by atoms with E-state index in [-0.39, 0.29) is 22.1 Å². The Morgan fingerprint density at radius 1 is 1.03 bits per heavy atom. The van der Waals surface area contributed by atoms with Crippen LogP contribution in [0.4, 0.5) is 24.7 Å². The molecule has 4 nitrogen and oxygen atoms in total. The number of anilines is 2. The van der Waals surface area contributed by atoms with Gasteiger partial charge in [0.25, 0.3) is 5.91 Å². The molecule has 0 saturated heterocycles. The minimum atomic E-state index is -4.53. The third-order valence-electron chi connectivity index (χ3n) is 4.17. The molecule has 3 aromatic rings. The lowest BCUT2D eigenvalue weighted by molar-refractivity contribution is -0.137. The van der Waals surface area contributed by atoms with Crippen LogP contribution in [-0.2, 0) is 6.18 Å². The van der Waals surface area contributed by atoms with Gasteiger partial charge in [0.1, 0.15) is 5.82 Å². The molecular formula is C21H17ClF3N3O. The van der Waals surface area contributed by atoms with Crippen LogP contribution in [0.15, 0.2) is 60.7 Å². The van der Waals surface area contributed by atoms with Crippen LogP contribution >= 0.6 is 11.6 Å². The van der Waals surface area contributed by atoms with Crippen LogP contribution in [0.2, 0.25) is 5.02 Å². The summed E-state index contributed by atoms with van der Waals surface area (Å²) in [5.41, 5.74) is 0.225. The largest absolute Gasteiger partial charge is 0.416 e. The normalized spacial score (nSPS) is 11.2. The molecule has 1 heterocycles. The molecule has 3 rings (SSSR count). The van der Waals surface area contributed by atoms with E-state index in [4.69, 9.17) is 11.6 Å². The summed E-state index contributed by atoms with van der Waals surface area (Å²) in [5.74, 6) is -0.315. The van der Waals surface area contributed by atoms with Crippen LogP contribution in [0, 0.1) is 0 Å². The molecule has 0 spiro atoms. The SMILES string of the molecule is CN(C)c1cc(C(F)(F)F)cc(-c2ccccc2NC(=O)c2ccccc2Cl)n1. The van der Waals surface area contributed by atoms with E-state index in [1.54, 1.807) is 62.6 Å². The van der Waals surface area contributed by atoms with Crippen LogP contribution in [0.25, 0.3) is 11.3 Å². The van der Waals surface area contributed by atoms with Gasteiger partial charge < -0.3 is 10.2 Å². The molecule has 29 heavy (non-hydrogen) atoms. The van der Waals surface area contributed by atoms with E-state index in [1.165, 1.54) is 4.90 Å². The molecule has 0 unspecified atom stereocenters. The smallest absolute Gasteiger partial charge is 0.363 e. The molecule has 0 aliphatic rings. The van der Waals surface area contributed by atoms with Crippen molar-refractivity contribution in [1.29, 1.82) is 0 Å². The molecule has 0 atom stereocenters. The second-order valence-electron chi connectivity index (χ2n) is 6.47. The number of halogens is 4. The number of hydrogen-bond acceptors (Lipinski definition) is 3. The minimum absolute atomic E-state index is 0.0959. The van der Waals surface area contributed by atoms with Gasteiger partial charge in [-0.3, -0.25) is 4.79 Å². The fourth-order valence-electron chi connectivity index (χ4n) is 2.70. The van der Waals surface area contributed by atoms with Crippen molar-refractivity contribution in [2.45, 2.75) is 6.18 Å². The Bertz CT molecular complexity index is 1050. The summed E-state index contributed by atoms with van der Waals surface area (Å²) >= 11 is 6.07. The Balaban J connectivity index is 2.06. The van der Waals surface area contributed by atoms with Crippen molar-refractivity contribution in [1.82, 2.24) is 4.98 Å². The highest BCUT2D eigenvalue weighted by Gasteiger charge is 2.32. The van der Waals surface area contributed by atoms with Crippen molar-refractivity contribution in [3.05, 3.63) is 76.8 Å². The third-order valence-corrected chi connectivity index (χ3v) is 4.50. The molecule has 0 radical (unpaired) electrons. The molecule has 0 bridgehead atoms. The van der Waals surface area contributed by atoms with Gasteiger partial charge in [0.15, 0.2) is 0 Å². The number of alkyl halides is 3. The lowest BCUT2D eigenvalue weighted by Crippen LogP contribution is -2.15. The number of para-hydroxylation sites is 1. The molecule has 1 N–H and O–H groups in total. The van der Waals surface area contributed by atoms with Crippen molar-refractivity contribution in [3.8, 4) is 11.3 Å². The number of nitrogens with one attached hydrogen (secondary N) is 1. The van der Waals surface area contributed by atoms with Gasteiger partial charge in [0.05, 0.1) is 27.5 Å². The summed E-state index contributed by atoms with van der Waals surface area (Å²) in [6, 6.07) is 15.0. The van der Waals surface area contributed by atoms with Crippen molar-refractivity contribution >= 4 is 29.0 Å². The summed E-state index contributed by atoms with van der Waals surface area (Å²) in [5, 5.41) is 2.99. The first-order valence-electron chi connectivity index (χ1n) is 8.58. The van der Waals surface area contributed by atoms with Crippen LogP contribution in [0.1, 0.15) is 15.9 Å². The summed E-state index contributed by atoms with van der Waals surface area (Å²) < 4.78 is 40.1. The number of amides is 1. The van der Waals surface area contributed by atoms with E-state index in [2.05, 4.69) is 10.3 Å². The van der Waals surface area contributed by atoms with E-state index in [0.29, 0.717) is 11.3 Å². The van der Waals surface area contributed by atoms with Crippen LogP contribution in [0.3, 0.4) is 0 Å². The predicted molar refractivity (Wildman–Crippen MR) is 108 cm³/mol. The summed E-state index contributed by atoms with van der Waals surface area (Å²) in [4.78, 5) is 18.4. The second-order valence-corrected chi connectivity index (χ2v) is 6.88. The second kappa shape index (κ2) is 8.13. The quantitative estimate of drug-likeness (QED) is 0.586. The van der Waals surface area contributed by atoms with E-state index >= 15 is 0 Å². The number of hydrogen-bond donors (Lipinski definition) is 1. The number of carbonyl (C=O) groups excluding carboxylic acids is 1. The highest BCUT2D eigenvalue weighted by molar-refractivity contribution is 6.34. The lowest BCUT2D eigenvalue weighted by atomic mass is 10.1. The highest BCUT2D eigenvalue weighted by Crippen LogP contribution is 2.36. The Morgan fingerprint density at radius 2 is 1.69 bits per heavy atom. The van der Waals surface area contributed by atoms with Gasteiger partial charge in [0.2, 0.25) is 0 Å². The fraction of sp³-hybridized carbons (Fsp3) is 0.143. The van der Waals surface area contributed by atoms with E-state index < -0.39 is 17.6 Å². The Hall–Kier alpha value is -3.06. The number of rotatable bonds is 4. The van der Waals surface area contributed by atoms with Gasteiger partial charge in [-0.1, -0.05) is 41.9 Å². The third kappa shape index (κ3) is 4.68. The predicted octanol–water partition coefficient (Wildman–Crippen LogP) is 5.74. The van der Waals surface area contributed by atoms with Gasteiger partial charge in [-0.25, -0.2) is 4.98 Å². The summed E-state index contributed by atoms with van der Waals surface area (Å²) in [6.45, 7) is 0. The molecule has 8 heteroatoms. The molecule has 1 amide bonds. The molecule has 2 aromatic carbocycles. The first kappa shape index (κ1) is 20.7. The first-order chi connectivity index (χ1) is 13.7. The molecule has 0 saturated carbocycles. The zero-order chi connectivity index (χ0) is 21.2. The van der Waals surface area contributed by atoms with Crippen molar-refractivity contribution in [3.63, 3.8) is 0 Å².